The molecule has 1 fully saturated rings. The largest absolute Gasteiger partial charge is 0.361 e. The highest BCUT2D eigenvalue weighted by atomic mass is 16.2. The highest BCUT2D eigenvalue weighted by Gasteiger charge is 2.30. The summed E-state index contributed by atoms with van der Waals surface area (Å²) >= 11 is 0. The Kier molecular flexibility index (Phi) is 7.09. The van der Waals surface area contributed by atoms with Gasteiger partial charge in [0.1, 0.15) is 0 Å². The van der Waals surface area contributed by atoms with Crippen molar-refractivity contribution in [2.24, 2.45) is 5.92 Å². The molecule has 28 heavy (non-hydrogen) atoms. The molecule has 1 aliphatic heterocycles. The first kappa shape index (κ1) is 20.4. The summed E-state index contributed by atoms with van der Waals surface area (Å²) < 4.78 is 0. The maximum Gasteiger partial charge on any atom is 0.237 e. The Morgan fingerprint density at radius 1 is 1.25 bits per heavy atom. The lowest BCUT2D eigenvalue weighted by atomic mass is 9.96. The number of carbonyl (C=O) groups is 2. The molecule has 0 spiro atoms. The number of hydrogen-bond acceptors (Lipinski definition) is 3. The van der Waals surface area contributed by atoms with Crippen molar-refractivity contribution < 1.29 is 9.59 Å². The molecule has 2 amide bonds. The molecular formula is C22H32N4O2. The molecule has 0 bridgehead atoms. The highest BCUT2D eigenvalue weighted by molar-refractivity contribution is 5.84. The van der Waals surface area contributed by atoms with Crippen molar-refractivity contribution in [1.82, 2.24) is 20.5 Å². The number of likely N-dealkylation sites (tertiary alicyclic amines) is 1. The molecular weight excluding hydrogens is 352 g/mol. The van der Waals surface area contributed by atoms with Crippen molar-refractivity contribution in [2.45, 2.75) is 45.6 Å². The van der Waals surface area contributed by atoms with Crippen molar-refractivity contribution in [3.05, 3.63) is 36.0 Å². The minimum atomic E-state index is -0.218. The third-order valence-corrected chi connectivity index (χ3v) is 5.67. The Morgan fingerprint density at radius 3 is 2.89 bits per heavy atom. The fraction of sp³-hybridized carbons (Fsp3) is 0.545. The monoisotopic (exact) mass is 384 g/mol. The van der Waals surface area contributed by atoms with Crippen LogP contribution in [-0.4, -0.2) is 53.9 Å². The Labute approximate surface area is 167 Å². The first-order chi connectivity index (χ1) is 13.6. The number of hydrogen-bond donors (Lipinski definition) is 3. The molecule has 1 saturated heterocycles. The van der Waals surface area contributed by atoms with E-state index < -0.39 is 0 Å². The van der Waals surface area contributed by atoms with Gasteiger partial charge in [-0.1, -0.05) is 25.1 Å². The highest BCUT2D eigenvalue weighted by Crippen LogP contribution is 2.19. The number of H-pyrrole nitrogens is 1. The van der Waals surface area contributed by atoms with Crippen LogP contribution < -0.4 is 10.6 Å². The average Bonchev–Trinajstić information content (AvgIpc) is 3.14. The van der Waals surface area contributed by atoms with Crippen molar-refractivity contribution in [3.63, 3.8) is 0 Å². The lowest BCUT2D eigenvalue weighted by Gasteiger charge is -2.35. The molecule has 1 aromatic carbocycles. The minimum Gasteiger partial charge on any atom is -0.361 e. The molecule has 0 saturated carbocycles. The second-order valence-corrected chi connectivity index (χ2v) is 7.70. The predicted molar refractivity (Wildman–Crippen MR) is 112 cm³/mol. The summed E-state index contributed by atoms with van der Waals surface area (Å²) in [4.78, 5) is 30.3. The van der Waals surface area contributed by atoms with Gasteiger partial charge in [-0.15, -0.1) is 0 Å². The summed E-state index contributed by atoms with van der Waals surface area (Å²) in [5, 5.41) is 7.26. The van der Waals surface area contributed by atoms with Crippen molar-refractivity contribution in [1.29, 1.82) is 0 Å². The van der Waals surface area contributed by atoms with Crippen LogP contribution in [0.2, 0.25) is 0 Å². The number of para-hydroxylation sites is 1. The normalized spacial score (nSPS) is 18.7. The topological polar surface area (TPSA) is 77.2 Å². The van der Waals surface area contributed by atoms with Crippen LogP contribution in [0.25, 0.3) is 10.9 Å². The number of fused-ring (bicyclic) bond motifs is 1. The number of nitrogens with zero attached hydrogens (tertiary/aromatic N) is 1. The van der Waals surface area contributed by atoms with Crippen LogP contribution in [-0.2, 0) is 16.0 Å². The molecule has 0 aliphatic carbocycles. The van der Waals surface area contributed by atoms with Gasteiger partial charge in [-0.3, -0.25) is 14.5 Å². The fourth-order valence-electron chi connectivity index (χ4n) is 3.94. The average molecular weight is 385 g/mol. The summed E-state index contributed by atoms with van der Waals surface area (Å²) in [6, 6.07) is 7.99. The van der Waals surface area contributed by atoms with Crippen LogP contribution in [0.5, 0.6) is 0 Å². The molecule has 3 rings (SSSR count). The molecule has 0 radical (unpaired) electrons. The predicted octanol–water partition coefficient (Wildman–Crippen LogP) is 2.45. The van der Waals surface area contributed by atoms with E-state index in [9.17, 15) is 9.59 Å². The molecule has 2 heterocycles. The van der Waals surface area contributed by atoms with E-state index in [1.165, 1.54) is 10.9 Å². The summed E-state index contributed by atoms with van der Waals surface area (Å²) in [7, 11) is 0. The zero-order chi connectivity index (χ0) is 19.9. The van der Waals surface area contributed by atoms with Crippen molar-refractivity contribution in [2.75, 3.05) is 26.2 Å². The Bertz CT molecular complexity index is 801. The molecule has 1 aliphatic rings. The smallest absolute Gasteiger partial charge is 0.237 e. The number of aromatic amines is 1. The molecule has 1 aromatic heterocycles. The number of benzene rings is 1. The summed E-state index contributed by atoms with van der Waals surface area (Å²) in [5.41, 5.74) is 2.34. The zero-order valence-corrected chi connectivity index (χ0v) is 17.0. The Morgan fingerprint density at radius 2 is 2.07 bits per heavy atom. The molecule has 3 N–H and O–H groups in total. The SMILES string of the molecule is CCCNC(=O)C1CCCN(C(C)C(=O)NCCc2c[nH]c3ccccc23)C1. The van der Waals surface area contributed by atoms with Gasteiger partial charge in [-0.05, 0) is 50.8 Å². The Balaban J connectivity index is 1.47. The fourth-order valence-corrected chi connectivity index (χ4v) is 3.94. The maximum absolute atomic E-state index is 12.6. The number of piperidine rings is 1. The maximum atomic E-state index is 12.6. The van der Waals surface area contributed by atoms with E-state index in [1.807, 2.05) is 25.3 Å². The van der Waals surface area contributed by atoms with E-state index in [-0.39, 0.29) is 23.8 Å². The molecule has 2 aromatic rings. The van der Waals surface area contributed by atoms with Crippen LogP contribution in [0, 0.1) is 5.92 Å². The van der Waals surface area contributed by atoms with Gasteiger partial charge >= 0.3 is 0 Å². The van der Waals surface area contributed by atoms with Crippen molar-refractivity contribution in [3.8, 4) is 0 Å². The van der Waals surface area contributed by atoms with Gasteiger partial charge in [0.25, 0.3) is 0 Å². The van der Waals surface area contributed by atoms with Gasteiger partial charge < -0.3 is 15.6 Å². The van der Waals surface area contributed by atoms with Crippen LogP contribution >= 0.6 is 0 Å². The molecule has 6 nitrogen and oxygen atoms in total. The van der Waals surface area contributed by atoms with E-state index in [1.54, 1.807) is 0 Å². The Hall–Kier alpha value is -2.34. The summed E-state index contributed by atoms with van der Waals surface area (Å²) in [6.07, 6.45) is 5.62. The lowest BCUT2D eigenvalue weighted by molar-refractivity contribution is -0.131. The third-order valence-electron chi connectivity index (χ3n) is 5.67. The molecule has 2 unspecified atom stereocenters. The number of rotatable bonds is 8. The van der Waals surface area contributed by atoms with Crippen LogP contribution in [0.4, 0.5) is 0 Å². The van der Waals surface area contributed by atoms with Gasteiger partial charge in [0.2, 0.25) is 11.8 Å². The first-order valence-electron chi connectivity index (χ1n) is 10.4. The number of aromatic nitrogens is 1. The number of carbonyl (C=O) groups excluding carboxylic acids is 2. The lowest BCUT2D eigenvalue weighted by Crippen LogP contribution is -2.51. The van der Waals surface area contributed by atoms with E-state index in [4.69, 9.17) is 0 Å². The third kappa shape index (κ3) is 4.93. The van der Waals surface area contributed by atoms with E-state index in [2.05, 4.69) is 39.6 Å². The van der Waals surface area contributed by atoms with Gasteiger partial charge in [0.15, 0.2) is 0 Å². The van der Waals surface area contributed by atoms with Crippen molar-refractivity contribution >= 4 is 22.7 Å². The van der Waals surface area contributed by atoms with E-state index in [0.717, 1.165) is 44.3 Å². The molecule has 6 heteroatoms. The van der Waals surface area contributed by atoms with Crippen LogP contribution in [0.3, 0.4) is 0 Å². The number of nitrogens with one attached hydrogen (secondary N) is 3. The van der Waals surface area contributed by atoms with Gasteiger partial charge in [0.05, 0.1) is 12.0 Å². The quantitative estimate of drug-likeness (QED) is 0.654. The van der Waals surface area contributed by atoms with Gasteiger partial charge in [-0.25, -0.2) is 0 Å². The van der Waals surface area contributed by atoms with Gasteiger partial charge in [0, 0.05) is 36.7 Å². The van der Waals surface area contributed by atoms with Crippen LogP contribution in [0.15, 0.2) is 30.5 Å². The second-order valence-electron chi connectivity index (χ2n) is 7.70. The molecule has 152 valence electrons. The number of amides is 2. The summed E-state index contributed by atoms with van der Waals surface area (Å²) in [6.45, 7) is 6.85. The summed E-state index contributed by atoms with van der Waals surface area (Å²) in [5.74, 6) is 0.148. The minimum absolute atomic E-state index is 0.0122. The first-order valence-corrected chi connectivity index (χ1v) is 10.4. The molecule has 2 atom stereocenters. The van der Waals surface area contributed by atoms with E-state index in [0.29, 0.717) is 13.1 Å². The van der Waals surface area contributed by atoms with Gasteiger partial charge in [-0.2, -0.15) is 0 Å². The van der Waals surface area contributed by atoms with E-state index >= 15 is 0 Å². The second kappa shape index (κ2) is 9.73. The zero-order valence-electron chi connectivity index (χ0n) is 17.0. The van der Waals surface area contributed by atoms with Crippen LogP contribution in [0.1, 0.15) is 38.7 Å². The standard InChI is InChI=1S/C22H32N4O2/c1-3-11-23-22(28)18-7-6-13-26(15-18)16(2)21(27)24-12-10-17-14-25-20-9-5-4-8-19(17)20/h4-5,8-9,14,16,18,25H,3,6-7,10-13,15H2,1-2H3,(H,23,28)(H,24,27).